The second-order valence-corrected chi connectivity index (χ2v) is 3.75. The second kappa shape index (κ2) is 5.40. The monoisotopic (exact) mass is 244 g/mol. The third kappa shape index (κ3) is 2.37. The highest BCUT2D eigenvalue weighted by atomic mass is 16.5. The van der Waals surface area contributed by atoms with Crippen LogP contribution in [-0.2, 0) is 0 Å². The van der Waals surface area contributed by atoms with Gasteiger partial charge >= 0.3 is 0 Å². The van der Waals surface area contributed by atoms with Crippen molar-refractivity contribution in [3.05, 3.63) is 36.5 Å². The van der Waals surface area contributed by atoms with E-state index in [0.29, 0.717) is 11.5 Å². The molecule has 0 amide bonds. The summed E-state index contributed by atoms with van der Waals surface area (Å²) in [5.41, 5.74) is 2.90. The number of benzene rings is 1. The van der Waals surface area contributed by atoms with Crippen molar-refractivity contribution in [3.63, 3.8) is 0 Å². The van der Waals surface area contributed by atoms with Crippen LogP contribution in [0.15, 0.2) is 36.5 Å². The van der Waals surface area contributed by atoms with Crippen molar-refractivity contribution in [1.29, 1.82) is 0 Å². The molecule has 4 heteroatoms. The summed E-state index contributed by atoms with van der Waals surface area (Å²) in [5.74, 6) is 1.41. The lowest BCUT2D eigenvalue weighted by Gasteiger charge is -2.10. The molecule has 0 radical (unpaired) electrons. The molecule has 2 rings (SSSR count). The van der Waals surface area contributed by atoms with Crippen molar-refractivity contribution >= 4 is 5.69 Å². The highest BCUT2D eigenvalue weighted by molar-refractivity contribution is 5.67. The van der Waals surface area contributed by atoms with Gasteiger partial charge in [-0.2, -0.15) is 0 Å². The summed E-state index contributed by atoms with van der Waals surface area (Å²) in [5, 5.41) is 3.09. The quantitative estimate of drug-likeness (QED) is 0.898. The molecule has 1 N–H and O–H groups in total. The smallest absolute Gasteiger partial charge is 0.161 e. The molecule has 0 aliphatic carbocycles. The van der Waals surface area contributed by atoms with Crippen LogP contribution in [0, 0.1) is 0 Å². The third-order valence-electron chi connectivity index (χ3n) is 2.73. The van der Waals surface area contributed by atoms with Gasteiger partial charge in [0.05, 0.1) is 19.9 Å². The van der Waals surface area contributed by atoms with Gasteiger partial charge in [-0.15, -0.1) is 0 Å². The number of hydrogen-bond donors (Lipinski definition) is 1. The van der Waals surface area contributed by atoms with Crippen LogP contribution in [0.1, 0.15) is 0 Å². The minimum Gasteiger partial charge on any atom is -0.493 e. The van der Waals surface area contributed by atoms with Gasteiger partial charge in [-0.25, -0.2) is 0 Å². The molecule has 0 unspecified atom stereocenters. The van der Waals surface area contributed by atoms with Gasteiger partial charge in [0.15, 0.2) is 11.5 Å². The summed E-state index contributed by atoms with van der Waals surface area (Å²) in [4.78, 5) is 4.35. The predicted octanol–water partition coefficient (Wildman–Crippen LogP) is 2.81. The molecule has 94 valence electrons. The Bertz CT molecular complexity index is 541. The number of hydrogen-bond acceptors (Lipinski definition) is 4. The number of nitrogens with one attached hydrogen (secondary N) is 1. The van der Waals surface area contributed by atoms with Gasteiger partial charge < -0.3 is 14.8 Å². The van der Waals surface area contributed by atoms with Gasteiger partial charge in [0.1, 0.15) is 0 Å². The summed E-state index contributed by atoms with van der Waals surface area (Å²) < 4.78 is 10.5. The van der Waals surface area contributed by atoms with Crippen molar-refractivity contribution in [2.45, 2.75) is 0 Å². The van der Waals surface area contributed by atoms with Gasteiger partial charge in [-0.05, 0) is 30.3 Å². The Morgan fingerprint density at radius 2 is 1.78 bits per heavy atom. The van der Waals surface area contributed by atoms with E-state index in [4.69, 9.17) is 9.47 Å². The van der Waals surface area contributed by atoms with E-state index in [-0.39, 0.29) is 0 Å². The van der Waals surface area contributed by atoms with Crippen molar-refractivity contribution in [3.8, 4) is 22.8 Å². The number of nitrogens with zero attached hydrogens (tertiary/aromatic N) is 1. The number of pyridine rings is 1. The number of aromatic nitrogens is 1. The van der Waals surface area contributed by atoms with Gasteiger partial charge in [0.25, 0.3) is 0 Å². The molecule has 1 aromatic heterocycles. The molecule has 4 nitrogen and oxygen atoms in total. The van der Waals surface area contributed by atoms with Gasteiger partial charge in [0.2, 0.25) is 0 Å². The summed E-state index contributed by atoms with van der Waals surface area (Å²) in [7, 11) is 5.13. The lowest BCUT2D eigenvalue weighted by molar-refractivity contribution is 0.355. The molecule has 1 heterocycles. The Morgan fingerprint density at radius 1 is 1.00 bits per heavy atom. The normalized spacial score (nSPS) is 9.94. The molecule has 0 aliphatic rings. The Morgan fingerprint density at radius 3 is 2.44 bits per heavy atom. The maximum Gasteiger partial charge on any atom is 0.161 e. The zero-order valence-electron chi connectivity index (χ0n) is 10.7. The molecule has 0 saturated carbocycles. The summed E-state index contributed by atoms with van der Waals surface area (Å²) in [6, 6.07) is 9.66. The topological polar surface area (TPSA) is 43.4 Å². The predicted molar refractivity (Wildman–Crippen MR) is 72.3 cm³/mol. The van der Waals surface area contributed by atoms with Crippen LogP contribution in [-0.4, -0.2) is 26.3 Å². The van der Waals surface area contributed by atoms with E-state index < -0.39 is 0 Å². The maximum atomic E-state index is 5.29. The van der Waals surface area contributed by atoms with Crippen LogP contribution in [0.5, 0.6) is 11.5 Å². The standard InChI is InChI=1S/C14H16N2O2/c1-15-11-6-7-16-12(9-11)10-4-5-13(17-2)14(8-10)18-3/h4-9H,1-3H3,(H,15,16). The average Bonchev–Trinajstić information content (AvgIpc) is 2.46. The first-order valence-corrected chi connectivity index (χ1v) is 5.64. The van der Waals surface area contributed by atoms with E-state index in [1.54, 1.807) is 20.4 Å². The van der Waals surface area contributed by atoms with Crippen LogP contribution in [0.3, 0.4) is 0 Å². The first-order chi connectivity index (χ1) is 8.78. The fraction of sp³-hybridized carbons (Fsp3) is 0.214. The lowest BCUT2D eigenvalue weighted by atomic mass is 10.1. The highest BCUT2D eigenvalue weighted by Gasteiger charge is 2.07. The third-order valence-corrected chi connectivity index (χ3v) is 2.73. The fourth-order valence-electron chi connectivity index (χ4n) is 1.74. The van der Waals surface area contributed by atoms with E-state index in [0.717, 1.165) is 16.9 Å². The van der Waals surface area contributed by atoms with E-state index in [1.807, 2.05) is 37.4 Å². The van der Waals surface area contributed by atoms with Gasteiger partial charge in [-0.3, -0.25) is 4.98 Å². The van der Waals surface area contributed by atoms with Crippen molar-refractivity contribution in [1.82, 2.24) is 4.98 Å². The summed E-state index contributed by atoms with van der Waals surface area (Å²) in [6.07, 6.45) is 1.78. The van der Waals surface area contributed by atoms with Crippen LogP contribution in [0.2, 0.25) is 0 Å². The van der Waals surface area contributed by atoms with Crippen LogP contribution in [0.25, 0.3) is 11.3 Å². The van der Waals surface area contributed by atoms with Crippen LogP contribution >= 0.6 is 0 Å². The van der Waals surface area contributed by atoms with Crippen LogP contribution < -0.4 is 14.8 Å². The Kier molecular flexibility index (Phi) is 3.67. The maximum absolute atomic E-state index is 5.29. The number of anilines is 1. The molecule has 18 heavy (non-hydrogen) atoms. The molecular weight excluding hydrogens is 228 g/mol. The zero-order chi connectivity index (χ0) is 13.0. The fourth-order valence-corrected chi connectivity index (χ4v) is 1.74. The van der Waals surface area contributed by atoms with Crippen LogP contribution in [0.4, 0.5) is 5.69 Å². The van der Waals surface area contributed by atoms with E-state index in [1.165, 1.54) is 0 Å². The van der Waals surface area contributed by atoms with Crippen molar-refractivity contribution in [2.75, 3.05) is 26.6 Å². The number of rotatable bonds is 4. The molecule has 0 atom stereocenters. The molecule has 0 bridgehead atoms. The minimum absolute atomic E-state index is 0.701. The molecular formula is C14H16N2O2. The second-order valence-electron chi connectivity index (χ2n) is 3.75. The Hall–Kier alpha value is -2.23. The Labute approximate surface area is 107 Å². The van der Waals surface area contributed by atoms with Gasteiger partial charge in [0, 0.05) is 24.5 Å². The first-order valence-electron chi connectivity index (χ1n) is 5.64. The first kappa shape index (κ1) is 12.2. The van der Waals surface area contributed by atoms with E-state index in [2.05, 4.69) is 10.3 Å². The molecule has 0 fully saturated rings. The van der Waals surface area contributed by atoms with Crippen molar-refractivity contribution < 1.29 is 9.47 Å². The molecule has 0 aliphatic heterocycles. The Balaban J connectivity index is 2.43. The molecule has 0 saturated heterocycles. The molecule has 2 aromatic rings. The highest BCUT2D eigenvalue weighted by Crippen LogP contribution is 2.31. The number of ether oxygens (including phenoxy) is 2. The zero-order valence-corrected chi connectivity index (χ0v) is 10.7. The minimum atomic E-state index is 0.701. The largest absolute Gasteiger partial charge is 0.493 e. The SMILES string of the molecule is CNc1ccnc(-c2ccc(OC)c(OC)c2)c1. The van der Waals surface area contributed by atoms with E-state index in [9.17, 15) is 0 Å². The summed E-state index contributed by atoms with van der Waals surface area (Å²) in [6.45, 7) is 0. The van der Waals surface area contributed by atoms with E-state index >= 15 is 0 Å². The molecule has 1 aromatic carbocycles. The summed E-state index contributed by atoms with van der Waals surface area (Å²) >= 11 is 0. The molecule has 0 spiro atoms. The lowest BCUT2D eigenvalue weighted by Crippen LogP contribution is -1.93. The van der Waals surface area contributed by atoms with Crippen molar-refractivity contribution in [2.24, 2.45) is 0 Å². The van der Waals surface area contributed by atoms with Gasteiger partial charge in [-0.1, -0.05) is 0 Å². The number of methoxy groups -OCH3 is 2. The average molecular weight is 244 g/mol.